The largest absolute Gasteiger partial charge is 0.350 e. The molecule has 1 aromatic carbocycles. The number of hydrogen-bond donors (Lipinski definition) is 1. The van der Waals surface area contributed by atoms with Crippen LogP contribution in [-0.2, 0) is 6.42 Å². The van der Waals surface area contributed by atoms with Crippen LogP contribution in [0.4, 0.5) is 0 Å². The van der Waals surface area contributed by atoms with Crippen LogP contribution in [0.5, 0.6) is 0 Å². The number of nitrogens with zero attached hydrogens (tertiary/aromatic N) is 1. The maximum atomic E-state index is 12.0. The molecule has 0 saturated carbocycles. The van der Waals surface area contributed by atoms with Gasteiger partial charge in [-0.3, -0.25) is 4.79 Å². The number of carbonyl (C=O) groups is 1. The number of likely N-dealkylation sites (N-methyl/N-ethyl adjacent to an activating group) is 1. The predicted molar refractivity (Wildman–Crippen MR) is 84.3 cm³/mol. The van der Waals surface area contributed by atoms with Gasteiger partial charge in [0.05, 0.1) is 0 Å². The molecule has 1 N–H and O–H groups in total. The van der Waals surface area contributed by atoms with Crippen molar-refractivity contribution >= 4 is 17.2 Å². The van der Waals surface area contributed by atoms with Crippen LogP contribution in [-0.4, -0.2) is 37.5 Å². The first-order valence-corrected chi connectivity index (χ1v) is 7.62. The SMILES string of the molecule is CN(C)C(CNC(=O)c1ccsc1)Cc1ccccc1. The number of hydrogen-bond acceptors (Lipinski definition) is 3. The lowest BCUT2D eigenvalue weighted by Crippen LogP contribution is -2.41. The molecule has 2 rings (SSSR count). The summed E-state index contributed by atoms with van der Waals surface area (Å²) in [5, 5.41) is 6.80. The summed E-state index contributed by atoms with van der Waals surface area (Å²) in [7, 11) is 4.09. The normalized spacial score (nSPS) is 12.3. The molecule has 1 amide bonds. The zero-order chi connectivity index (χ0) is 14.4. The third-order valence-electron chi connectivity index (χ3n) is 3.33. The fraction of sp³-hybridized carbons (Fsp3) is 0.312. The van der Waals surface area contributed by atoms with Crippen LogP contribution in [0, 0.1) is 0 Å². The minimum absolute atomic E-state index is 0.00571. The average molecular weight is 288 g/mol. The van der Waals surface area contributed by atoms with Crippen LogP contribution in [0.2, 0.25) is 0 Å². The standard InChI is InChI=1S/C16H20N2OS/c1-18(2)15(10-13-6-4-3-5-7-13)11-17-16(19)14-8-9-20-12-14/h3-9,12,15H,10-11H2,1-2H3,(H,17,19). The molecule has 0 fully saturated rings. The molecule has 0 bridgehead atoms. The van der Waals surface area contributed by atoms with Gasteiger partial charge >= 0.3 is 0 Å². The topological polar surface area (TPSA) is 32.3 Å². The first-order valence-electron chi connectivity index (χ1n) is 6.67. The summed E-state index contributed by atoms with van der Waals surface area (Å²) in [5.41, 5.74) is 2.03. The van der Waals surface area contributed by atoms with Crippen LogP contribution in [0.1, 0.15) is 15.9 Å². The van der Waals surface area contributed by atoms with Crippen molar-refractivity contribution in [1.82, 2.24) is 10.2 Å². The minimum Gasteiger partial charge on any atom is -0.350 e. The summed E-state index contributed by atoms with van der Waals surface area (Å²) in [6.07, 6.45) is 0.928. The van der Waals surface area contributed by atoms with Gasteiger partial charge in [-0.05, 0) is 37.5 Å². The Morgan fingerprint density at radius 3 is 2.60 bits per heavy atom. The van der Waals surface area contributed by atoms with Gasteiger partial charge in [0.15, 0.2) is 0 Å². The summed E-state index contributed by atoms with van der Waals surface area (Å²) in [6, 6.07) is 12.5. The number of amides is 1. The second-order valence-corrected chi connectivity index (χ2v) is 5.81. The van der Waals surface area contributed by atoms with Gasteiger partial charge in [-0.25, -0.2) is 0 Å². The lowest BCUT2D eigenvalue weighted by Gasteiger charge is -2.24. The van der Waals surface area contributed by atoms with E-state index in [0.717, 1.165) is 12.0 Å². The Labute approximate surface area is 124 Å². The molecule has 1 atom stereocenters. The van der Waals surface area contributed by atoms with E-state index in [0.29, 0.717) is 12.6 Å². The molecule has 4 heteroatoms. The van der Waals surface area contributed by atoms with Gasteiger partial charge < -0.3 is 10.2 Å². The average Bonchev–Trinajstić information content (AvgIpc) is 2.98. The zero-order valence-electron chi connectivity index (χ0n) is 11.9. The second kappa shape index (κ2) is 7.22. The fourth-order valence-corrected chi connectivity index (χ4v) is 2.67. The summed E-state index contributed by atoms with van der Waals surface area (Å²) < 4.78 is 0. The smallest absolute Gasteiger partial charge is 0.252 e. The molecule has 0 spiro atoms. The van der Waals surface area contributed by atoms with Crippen LogP contribution in [0.25, 0.3) is 0 Å². The first-order chi connectivity index (χ1) is 9.66. The molecular formula is C16H20N2OS. The maximum absolute atomic E-state index is 12.0. The van der Waals surface area contributed by atoms with Crippen molar-refractivity contribution in [1.29, 1.82) is 0 Å². The molecule has 0 aliphatic carbocycles. The zero-order valence-corrected chi connectivity index (χ0v) is 12.7. The quantitative estimate of drug-likeness (QED) is 0.886. The van der Waals surface area contributed by atoms with Crippen molar-refractivity contribution < 1.29 is 4.79 Å². The van der Waals surface area contributed by atoms with Crippen molar-refractivity contribution in [2.75, 3.05) is 20.6 Å². The molecular weight excluding hydrogens is 268 g/mol. The van der Waals surface area contributed by atoms with E-state index in [1.54, 1.807) is 0 Å². The van der Waals surface area contributed by atoms with E-state index in [9.17, 15) is 4.79 Å². The molecule has 3 nitrogen and oxygen atoms in total. The summed E-state index contributed by atoms with van der Waals surface area (Å²) >= 11 is 1.54. The van der Waals surface area contributed by atoms with Crippen LogP contribution in [0.15, 0.2) is 47.2 Å². The van der Waals surface area contributed by atoms with Gasteiger partial charge in [-0.1, -0.05) is 30.3 Å². The molecule has 0 aliphatic rings. The molecule has 1 aromatic heterocycles. The molecule has 106 valence electrons. The Kier molecular flexibility index (Phi) is 5.32. The molecule has 1 unspecified atom stereocenters. The van der Waals surface area contributed by atoms with Crippen molar-refractivity contribution in [2.45, 2.75) is 12.5 Å². The van der Waals surface area contributed by atoms with Crippen molar-refractivity contribution in [3.05, 3.63) is 58.3 Å². The number of thiophene rings is 1. The van der Waals surface area contributed by atoms with E-state index >= 15 is 0 Å². The van der Waals surface area contributed by atoms with Crippen LogP contribution < -0.4 is 5.32 Å². The Morgan fingerprint density at radius 2 is 2.00 bits per heavy atom. The minimum atomic E-state index is 0.00571. The highest BCUT2D eigenvalue weighted by atomic mass is 32.1. The van der Waals surface area contributed by atoms with Gasteiger partial charge in [0, 0.05) is 23.5 Å². The van der Waals surface area contributed by atoms with Gasteiger partial charge in [0.25, 0.3) is 5.91 Å². The molecule has 0 aliphatic heterocycles. The highest BCUT2D eigenvalue weighted by Gasteiger charge is 2.14. The van der Waals surface area contributed by atoms with Crippen molar-refractivity contribution in [2.24, 2.45) is 0 Å². The molecule has 0 radical (unpaired) electrons. The van der Waals surface area contributed by atoms with E-state index in [1.165, 1.54) is 16.9 Å². The van der Waals surface area contributed by atoms with Crippen LogP contribution >= 0.6 is 11.3 Å². The third kappa shape index (κ3) is 4.18. The Morgan fingerprint density at radius 1 is 1.25 bits per heavy atom. The van der Waals surface area contributed by atoms with Gasteiger partial charge in [-0.2, -0.15) is 11.3 Å². The predicted octanol–water partition coefficient (Wildman–Crippen LogP) is 2.65. The van der Waals surface area contributed by atoms with E-state index < -0.39 is 0 Å². The second-order valence-electron chi connectivity index (χ2n) is 5.03. The molecule has 0 saturated heterocycles. The summed E-state index contributed by atoms with van der Waals surface area (Å²) in [5.74, 6) is 0.00571. The van der Waals surface area contributed by atoms with Gasteiger partial charge in [0.1, 0.15) is 0 Å². The van der Waals surface area contributed by atoms with Crippen molar-refractivity contribution in [3.8, 4) is 0 Å². The number of benzene rings is 1. The van der Waals surface area contributed by atoms with E-state index in [-0.39, 0.29) is 5.91 Å². The lowest BCUT2D eigenvalue weighted by atomic mass is 10.1. The molecule has 20 heavy (non-hydrogen) atoms. The number of nitrogens with one attached hydrogen (secondary N) is 1. The number of rotatable bonds is 6. The summed E-state index contributed by atoms with van der Waals surface area (Å²) in [6.45, 7) is 0.649. The van der Waals surface area contributed by atoms with Crippen LogP contribution in [0.3, 0.4) is 0 Å². The molecule has 1 heterocycles. The van der Waals surface area contributed by atoms with Gasteiger partial charge in [0.2, 0.25) is 0 Å². The Balaban J connectivity index is 1.91. The first kappa shape index (κ1) is 14.8. The fourth-order valence-electron chi connectivity index (χ4n) is 2.03. The Bertz CT molecular complexity index is 523. The van der Waals surface area contributed by atoms with E-state index in [4.69, 9.17) is 0 Å². The van der Waals surface area contributed by atoms with E-state index in [1.807, 2.05) is 49.1 Å². The third-order valence-corrected chi connectivity index (χ3v) is 4.01. The summed E-state index contributed by atoms with van der Waals surface area (Å²) in [4.78, 5) is 14.1. The number of carbonyl (C=O) groups excluding carboxylic acids is 1. The lowest BCUT2D eigenvalue weighted by molar-refractivity contribution is 0.0942. The highest BCUT2D eigenvalue weighted by molar-refractivity contribution is 7.08. The monoisotopic (exact) mass is 288 g/mol. The van der Waals surface area contributed by atoms with Crippen molar-refractivity contribution in [3.63, 3.8) is 0 Å². The Hall–Kier alpha value is -1.65. The maximum Gasteiger partial charge on any atom is 0.252 e. The van der Waals surface area contributed by atoms with E-state index in [2.05, 4.69) is 22.3 Å². The molecule has 2 aromatic rings. The highest BCUT2D eigenvalue weighted by Crippen LogP contribution is 2.08. The van der Waals surface area contributed by atoms with Gasteiger partial charge in [-0.15, -0.1) is 0 Å².